The van der Waals surface area contributed by atoms with Crippen LogP contribution < -0.4 is 10.6 Å². The number of aromatic nitrogens is 2. The van der Waals surface area contributed by atoms with Crippen LogP contribution in [0.1, 0.15) is 18.5 Å². The minimum Gasteiger partial charge on any atom is -0.340 e. The zero-order valence-corrected chi connectivity index (χ0v) is 10.2. The van der Waals surface area contributed by atoms with Crippen molar-refractivity contribution in [2.45, 2.75) is 19.8 Å². The molecule has 1 aliphatic heterocycles. The van der Waals surface area contributed by atoms with Crippen molar-refractivity contribution in [3.8, 4) is 0 Å². The molecule has 0 amide bonds. The van der Waals surface area contributed by atoms with Crippen LogP contribution in [0.3, 0.4) is 0 Å². The number of halogens is 1. The summed E-state index contributed by atoms with van der Waals surface area (Å²) >= 11 is 5.94. The van der Waals surface area contributed by atoms with Crippen molar-refractivity contribution in [2.24, 2.45) is 11.7 Å². The molecule has 1 aromatic heterocycles. The van der Waals surface area contributed by atoms with Crippen molar-refractivity contribution >= 4 is 17.5 Å². The molecule has 1 fully saturated rings. The van der Waals surface area contributed by atoms with Crippen molar-refractivity contribution < 1.29 is 0 Å². The van der Waals surface area contributed by atoms with E-state index in [4.69, 9.17) is 17.3 Å². The first-order valence-corrected chi connectivity index (χ1v) is 6.03. The van der Waals surface area contributed by atoms with Crippen LogP contribution in [-0.2, 0) is 0 Å². The third-order valence-corrected chi connectivity index (χ3v) is 3.14. The van der Waals surface area contributed by atoms with Gasteiger partial charge in [-0.3, -0.25) is 0 Å². The van der Waals surface area contributed by atoms with Gasteiger partial charge >= 0.3 is 0 Å². The summed E-state index contributed by atoms with van der Waals surface area (Å²) in [5, 5.41) is 0.511. The van der Waals surface area contributed by atoms with Gasteiger partial charge in [-0.15, -0.1) is 0 Å². The first-order chi connectivity index (χ1) is 7.69. The first kappa shape index (κ1) is 11.6. The summed E-state index contributed by atoms with van der Waals surface area (Å²) in [6.45, 7) is 4.60. The van der Waals surface area contributed by atoms with Crippen LogP contribution in [0.5, 0.6) is 0 Å². The molecule has 0 saturated carbocycles. The lowest BCUT2D eigenvalue weighted by atomic mass is 9.99. The fourth-order valence-corrected chi connectivity index (χ4v) is 2.33. The Kier molecular flexibility index (Phi) is 3.61. The largest absolute Gasteiger partial charge is 0.340 e. The predicted octanol–water partition coefficient (Wildman–Crippen LogP) is 1.61. The van der Waals surface area contributed by atoms with Crippen molar-refractivity contribution in [2.75, 3.05) is 24.5 Å². The fourth-order valence-electron chi connectivity index (χ4n) is 2.10. The SMILES string of the molecule is Cc1cc(Cl)nc(N2CCC[C@@H](CN)C2)n1. The van der Waals surface area contributed by atoms with Crippen LogP contribution in [0, 0.1) is 12.8 Å². The van der Waals surface area contributed by atoms with Crippen LogP contribution in [0.15, 0.2) is 6.07 Å². The van der Waals surface area contributed by atoms with E-state index in [2.05, 4.69) is 14.9 Å². The number of hydrogen-bond acceptors (Lipinski definition) is 4. The lowest BCUT2D eigenvalue weighted by Crippen LogP contribution is -2.39. The zero-order valence-electron chi connectivity index (χ0n) is 9.49. The van der Waals surface area contributed by atoms with Crippen molar-refractivity contribution in [3.63, 3.8) is 0 Å². The number of hydrogen-bond donors (Lipinski definition) is 1. The average molecular weight is 241 g/mol. The van der Waals surface area contributed by atoms with E-state index in [1.165, 1.54) is 6.42 Å². The van der Waals surface area contributed by atoms with Gasteiger partial charge in [0, 0.05) is 18.8 Å². The third kappa shape index (κ3) is 2.62. The van der Waals surface area contributed by atoms with Gasteiger partial charge in [-0.1, -0.05) is 11.6 Å². The summed E-state index contributed by atoms with van der Waals surface area (Å²) in [7, 11) is 0. The van der Waals surface area contributed by atoms with Crippen LogP contribution in [0.2, 0.25) is 5.15 Å². The van der Waals surface area contributed by atoms with Gasteiger partial charge in [0.1, 0.15) is 5.15 Å². The molecule has 88 valence electrons. The van der Waals surface area contributed by atoms with E-state index in [0.717, 1.165) is 37.7 Å². The fraction of sp³-hybridized carbons (Fsp3) is 0.636. The number of rotatable bonds is 2. The van der Waals surface area contributed by atoms with Gasteiger partial charge in [0.25, 0.3) is 0 Å². The maximum absolute atomic E-state index is 5.94. The summed E-state index contributed by atoms with van der Waals surface area (Å²) in [6.07, 6.45) is 2.35. The van der Waals surface area contributed by atoms with Gasteiger partial charge in [-0.2, -0.15) is 0 Å². The van der Waals surface area contributed by atoms with Gasteiger partial charge in [-0.25, -0.2) is 9.97 Å². The van der Waals surface area contributed by atoms with Gasteiger partial charge in [-0.05, 0) is 38.3 Å². The molecule has 0 spiro atoms. The minimum atomic E-state index is 0.511. The molecule has 0 aromatic carbocycles. The molecule has 5 heteroatoms. The van der Waals surface area contributed by atoms with E-state index < -0.39 is 0 Å². The summed E-state index contributed by atoms with van der Waals surface area (Å²) < 4.78 is 0. The molecule has 0 bridgehead atoms. The van der Waals surface area contributed by atoms with E-state index in [-0.39, 0.29) is 0 Å². The Morgan fingerprint density at radius 2 is 2.38 bits per heavy atom. The molecule has 1 atom stereocenters. The van der Waals surface area contributed by atoms with Crippen LogP contribution in [0.4, 0.5) is 5.95 Å². The van der Waals surface area contributed by atoms with E-state index in [9.17, 15) is 0 Å². The predicted molar refractivity (Wildman–Crippen MR) is 65.8 cm³/mol. The van der Waals surface area contributed by atoms with Crippen molar-refractivity contribution in [1.82, 2.24) is 9.97 Å². The summed E-state index contributed by atoms with van der Waals surface area (Å²) in [5.74, 6) is 1.29. The Balaban J connectivity index is 2.16. The molecule has 16 heavy (non-hydrogen) atoms. The molecule has 0 radical (unpaired) electrons. The Morgan fingerprint density at radius 3 is 3.06 bits per heavy atom. The molecule has 2 N–H and O–H groups in total. The topological polar surface area (TPSA) is 55.0 Å². The minimum absolute atomic E-state index is 0.511. The molecular formula is C11H17ClN4. The van der Waals surface area contributed by atoms with E-state index in [0.29, 0.717) is 11.1 Å². The van der Waals surface area contributed by atoms with Crippen LogP contribution in [0.25, 0.3) is 0 Å². The molecule has 4 nitrogen and oxygen atoms in total. The number of anilines is 1. The molecule has 1 aliphatic rings. The summed E-state index contributed by atoms with van der Waals surface area (Å²) in [6, 6.07) is 1.77. The van der Waals surface area contributed by atoms with E-state index in [1.807, 2.05) is 6.92 Å². The molecule has 1 aromatic rings. The van der Waals surface area contributed by atoms with Gasteiger partial charge in [0.2, 0.25) is 5.95 Å². The quantitative estimate of drug-likeness (QED) is 0.799. The Bertz CT molecular complexity index is 349. The number of nitrogens with two attached hydrogens (primary N) is 1. The monoisotopic (exact) mass is 240 g/mol. The van der Waals surface area contributed by atoms with Crippen molar-refractivity contribution in [1.29, 1.82) is 0 Å². The first-order valence-electron chi connectivity index (χ1n) is 5.65. The highest BCUT2D eigenvalue weighted by atomic mass is 35.5. The van der Waals surface area contributed by atoms with Gasteiger partial charge < -0.3 is 10.6 Å². The second-order valence-corrected chi connectivity index (χ2v) is 4.71. The molecule has 2 heterocycles. The molecular weight excluding hydrogens is 224 g/mol. The number of piperidine rings is 1. The average Bonchev–Trinajstić information content (AvgIpc) is 2.28. The summed E-state index contributed by atoms with van der Waals surface area (Å²) in [5.41, 5.74) is 6.62. The normalized spacial score (nSPS) is 21.2. The second kappa shape index (κ2) is 4.97. The highest BCUT2D eigenvalue weighted by Crippen LogP contribution is 2.21. The zero-order chi connectivity index (χ0) is 11.5. The molecule has 0 unspecified atom stereocenters. The highest BCUT2D eigenvalue weighted by molar-refractivity contribution is 6.29. The van der Waals surface area contributed by atoms with Crippen LogP contribution >= 0.6 is 11.6 Å². The standard InChI is InChI=1S/C11H17ClN4/c1-8-5-10(12)15-11(14-8)16-4-2-3-9(6-13)7-16/h5,9H,2-4,6-7,13H2,1H3/t9-/m0/s1. The van der Waals surface area contributed by atoms with Crippen LogP contribution in [-0.4, -0.2) is 29.6 Å². The van der Waals surface area contributed by atoms with E-state index in [1.54, 1.807) is 6.07 Å². The second-order valence-electron chi connectivity index (χ2n) is 4.32. The number of nitrogens with zero attached hydrogens (tertiary/aromatic N) is 3. The van der Waals surface area contributed by atoms with Gasteiger partial charge in [0.15, 0.2) is 0 Å². The lowest BCUT2D eigenvalue weighted by Gasteiger charge is -2.32. The summed E-state index contributed by atoms with van der Waals surface area (Å²) in [4.78, 5) is 10.9. The molecule has 2 rings (SSSR count). The highest BCUT2D eigenvalue weighted by Gasteiger charge is 2.20. The van der Waals surface area contributed by atoms with Crippen molar-refractivity contribution in [3.05, 3.63) is 16.9 Å². The Morgan fingerprint density at radius 1 is 1.56 bits per heavy atom. The smallest absolute Gasteiger partial charge is 0.226 e. The lowest BCUT2D eigenvalue weighted by molar-refractivity contribution is 0.419. The maximum Gasteiger partial charge on any atom is 0.226 e. The maximum atomic E-state index is 5.94. The molecule has 1 saturated heterocycles. The van der Waals surface area contributed by atoms with Gasteiger partial charge in [0.05, 0.1) is 0 Å². The third-order valence-electron chi connectivity index (χ3n) is 2.95. The Hall–Kier alpha value is -0.870. The number of aryl methyl sites for hydroxylation is 1. The molecule has 0 aliphatic carbocycles. The Labute approximate surface area is 101 Å². The van der Waals surface area contributed by atoms with E-state index >= 15 is 0 Å².